The van der Waals surface area contributed by atoms with Crippen LogP contribution in [0.1, 0.15) is 29.7 Å². The molecule has 1 aliphatic rings. The summed E-state index contributed by atoms with van der Waals surface area (Å²) in [7, 11) is 1.64. The Morgan fingerprint density at radius 2 is 1.90 bits per heavy atom. The van der Waals surface area contributed by atoms with E-state index in [4.69, 9.17) is 33.0 Å². The Hall–Kier alpha value is -2.15. The van der Waals surface area contributed by atoms with E-state index in [0.29, 0.717) is 17.1 Å². The molecule has 158 valence electrons. The van der Waals surface area contributed by atoms with Gasteiger partial charge in [0.15, 0.2) is 5.65 Å². The van der Waals surface area contributed by atoms with Crippen molar-refractivity contribution in [1.82, 2.24) is 14.8 Å². The maximum atomic E-state index is 14.3. The maximum Gasteiger partial charge on any atom is 0.158 e. The molecule has 1 aliphatic carbocycles. The zero-order valence-corrected chi connectivity index (χ0v) is 19.6. The quantitative estimate of drug-likeness (QED) is 0.272. The van der Waals surface area contributed by atoms with Crippen molar-refractivity contribution in [3.05, 3.63) is 85.8 Å². The van der Waals surface area contributed by atoms with Crippen molar-refractivity contribution >= 4 is 50.2 Å². The molecule has 1 saturated carbocycles. The normalized spacial score (nSPS) is 14.7. The van der Waals surface area contributed by atoms with Gasteiger partial charge in [0.1, 0.15) is 11.6 Å². The highest BCUT2D eigenvalue weighted by molar-refractivity contribution is 9.10. The van der Waals surface area contributed by atoms with Crippen molar-refractivity contribution in [2.75, 3.05) is 7.11 Å². The van der Waals surface area contributed by atoms with Crippen molar-refractivity contribution in [2.45, 2.75) is 24.8 Å². The van der Waals surface area contributed by atoms with Gasteiger partial charge >= 0.3 is 0 Å². The monoisotopic (exact) mass is 519 g/mol. The fourth-order valence-electron chi connectivity index (χ4n) is 4.10. The number of ether oxygens (including phenoxy) is 1. The topological polar surface area (TPSA) is 39.9 Å². The average molecular weight is 521 g/mol. The Bertz CT molecular complexity index is 1300. The first-order valence-corrected chi connectivity index (χ1v) is 11.3. The molecule has 2 aromatic carbocycles. The van der Waals surface area contributed by atoms with Crippen LogP contribution in [0.2, 0.25) is 10.0 Å². The Morgan fingerprint density at radius 1 is 1.16 bits per heavy atom. The summed E-state index contributed by atoms with van der Waals surface area (Å²) in [6.45, 7) is 0.538. The summed E-state index contributed by atoms with van der Waals surface area (Å²) in [4.78, 5) is 4.62. The largest absolute Gasteiger partial charge is 0.497 e. The summed E-state index contributed by atoms with van der Waals surface area (Å²) in [5.41, 5.74) is 2.71. The Labute approximate surface area is 197 Å². The number of fused-ring (bicyclic) bond motifs is 1. The number of halogens is 4. The third kappa shape index (κ3) is 3.51. The number of hydrogen-bond donors (Lipinski definition) is 0. The summed E-state index contributed by atoms with van der Waals surface area (Å²) < 4.78 is 22.3. The Morgan fingerprint density at radius 3 is 2.58 bits per heavy atom. The molecular weight excluding hydrogens is 504 g/mol. The first-order chi connectivity index (χ1) is 14.9. The summed E-state index contributed by atoms with van der Waals surface area (Å²) in [5, 5.41) is 6.36. The van der Waals surface area contributed by atoms with Gasteiger partial charge < -0.3 is 4.74 Å². The number of rotatable bonds is 5. The standard InChI is InChI=1S/C23H17BrCl2FN3O/c1-31-15-4-2-13(3-5-15)12-30-22-16(10-14(24)11-28-22)21(29-30)23(8-9-23)19-17(25)6-7-18(27)20(19)26/h2-7,10-11H,8-9,12H2,1H3. The molecule has 0 N–H and O–H groups in total. The van der Waals surface area contributed by atoms with Gasteiger partial charge in [-0.1, -0.05) is 35.3 Å². The van der Waals surface area contributed by atoms with E-state index in [0.717, 1.165) is 45.4 Å². The van der Waals surface area contributed by atoms with Gasteiger partial charge in [0.05, 0.1) is 24.4 Å². The number of aromatic nitrogens is 3. The van der Waals surface area contributed by atoms with Crippen LogP contribution in [0.15, 0.2) is 53.1 Å². The second-order valence-corrected chi connectivity index (χ2v) is 9.38. The van der Waals surface area contributed by atoms with Gasteiger partial charge in [-0.2, -0.15) is 5.10 Å². The molecule has 4 nitrogen and oxygen atoms in total. The first kappa shape index (κ1) is 20.7. The molecule has 0 unspecified atom stereocenters. The van der Waals surface area contributed by atoms with E-state index in [1.54, 1.807) is 19.4 Å². The fourth-order valence-corrected chi connectivity index (χ4v) is 5.16. The number of benzene rings is 2. The van der Waals surface area contributed by atoms with Crippen molar-refractivity contribution < 1.29 is 9.13 Å². The highest BCUT2D eigenvalue weighted by Crippen LogP contribution is 2.58. The third-order valence-corrected chi connectivity index (χ3v) is 6.89. The molecular formula is C23H17BrCl2FN3O. The lowest BCUT2D eigenvalue weighted by Crippen LogP contribution is -2.13. The van der Waals surface area contributed by atoms with Crippen molar-refractivity contribution in [2.24, 2.45) is 0 Å². The van der Waals surface area contributed by atoms with Crippen molar-refractivity contribution in [1.29, 1.82) is 0 Å². The van der Waals surface area contributed by atoms with E-state index in [-0.39, 0.29) is 5.02 Å². The SMILES string of the molecule is COc1ccc(Cn2nc(C3(c4c(Cl)ccc(F)c4Cl)CC3)c3cc(Br)cnc32)cc1. The molecule has 0 radical (unpaired) electrons. The van der Waals surface area contributed by atoms with Gasteiger partial charge in [0, 0.05) is 32.1 Å². The molecule has 0 spiro atoms. The first-order valence-electron chi connectivity index (χ1n) is 9.72. The van der Waals surface area contributed by atoms with Gasteiger partial charge in [-0.15, -0.1) is 0 Å². The molecule has 4 aromatic rings. The molecule has 2 aromatic heterocycles. The predicted octanol–water partition coefficient (Wildman–Crippen LogP) is 6.78. The Kier molecular flexibility index (Phi) is 5.19. The molecule has 1 fully saturated rings. The summed E-state index contributed by atoms with van der Waals surface area (Å²) in [5.74, 6) is 0.317. The minimum Gasteiger partial charge on any atom is -0.497 e. The van der Waals surface area contributed by atoms with Crippen LogP contribution in [0.3, 0.4) is 0 Å². The van der Waals surface area contributed by atoms with Gasteiger partial charge in [-0.25, -0.2) is 14.1 Å². The van der Waals surface area contributed by atoms with Crippen LogP contribution in [0.5, 0.6) is 5.75 Å². The number of methoxy groups -OCH3 is 1. The zero-order valence-electron chi connectivity index (χ0n) is 16.5. The van der Waals surface area contributed by atoms with E-state index in [1.807, 2.05) is 35.0 Å². The van der Waals surface area contributed by atoms with Crippen LogP contribution in [-0.2, 0) is 12.0 Å². The predicted molar refractivity (Wildman–Crippen MR) is 124 cm³/mol. The lowest BCUT2D eigenvalue weighted by atomic mass is 9.90. The van der Waals surface area contributed by atoms with E-state index >= 15 is 0 Å². The molecule has 0 saturated heterocycles. The molecule has 0 bridgehead atoms. The summed E-state index contributed by atoms with van der Waals surface area (Å²) in [6.07, 6.45) is 3.33. The van der Waals surface area contributed by atoms with Crippen molar-refractivity contribution in [3.8, 4) is 5.75 Å². The summed E-state index contributed by atoms with van der Waals surface area (Å²) in [6, 6.07) is 12.7. The third-order valence-electron chi connectivity index (χ3n) is 5.77. The number of pyridine rings is 1. The van der Waals surface area contributed by atoms with Crippen LogP contribution in [0, 0.1) is 5.82 Å². The fraction of sp³-hybridized carbons (Fsp3) is 0.217. The van der Waals surface area contributed by atoms with Crippen LogP contribution in [0.4, 0.5) is 4.39 Å². The van der Waals surface area contributed by atoms with Crippen molar-refractivity contribution in [3.63, 3.8) is 0 Å². The van der Waals surface area contributed by atoms with E-state index in [2.05, 4.69) is 20.9 Å². The van der Waals surface area contributed by atoms with E-state index in [1.165, 1.54) is 6.07 Å². The number of nitrogens with zero attached hydrogens (tertiary/aromatic N) is 3. The highest BCUT2D eigenvalue weighted by Gasteiger charge is 2.52. The van der Waals surface area contributed by atoms with Gasteiger partial charge in [-0.05, 0) is 64.7 Å². The van der Waals surface area contributed by atoms with Crippen LogP contribution in [0.25, 0.3) is 11.0 Å². The Balaban J connectivity index is 1.66. The smallest absolute Gasteiger partial charge is 0.158 e. The lowest BCUT2D eigenvalue weighted by Gasteiger charge is -2.18. The van der Waals surface area contributed by atoms with Gasteiger partial charge in [0.2, 0.25) is 0 Å². The van der Waals surface area contributed by atoms with Gasteiger partial charge in [-0.3, -0.25) is 0 Å². The molecule has 0 atom stereocenters. The molecule has 2 heterocycles. The average Bonchev–Trinajstić information content (AvgIpc) is 3.48. The highest BCUT2D eigenvalue weighted by atomic mass is 79.9. The minimum absolute atomic E-state index is 0.0609. The zero-order chi connectivity index (χ0) is 21.8. The molecule has 8 heteroatoms. The van der Waals surface area contributed by atoms with Crippen LogP contribution >= 0.6 is 39.1 Å². The molecule has 31 heavy (non-hydrogen) atoms. The van der Waals surface area contributed by atoms with Crippen LogP contribution < -0.4 is 4.74 Å². The number of hydrogen-bond acceptors (Lipinski definition) is 3. The maximum absolute atomic E-state index is 14.3. The second-order valence-electron chi connectivity index (χ2n) is 7.68. The summed E-state index contributed by atoms with van der Waals surface area (Å²) >= 11 is 16.4. The second kappa shape index (κ2) is 7.76. The molecule has 0 amide bonds. The molecule has 5 rings (SSSR count). The van der Waals surface area contributed by atoms with Gasteiger partial charge in [0.25, 0.3) is 0 Å². The van der Waals surface area contributed by atoms with E-state index in [9.17, 15) is 4.39 Å². The van der Waals surface area contributed by atoms with E-state index < -0.39 is 11.2 Å². The molecule has 0 aliphatic heterocycles. The lowest BCUT2D eigenvalue weighted by molar-refractivity contribution is 0.414. The minimum atomic E-state index is -0.526. The van der Waals surface area contributed by atoms with Crippen LogP contribution in [-0.4, -0.2) is 21.9 Å².